The van der Waals surface area contributed by atoms with Gasteiger partial charge < -0.3 is 4.52 Å². The van der Waals surface area contributed by atoms with Crippen LogP contribution in [-0.2, 0) is 27.0 Å². The van der Waals surface area contributed by atoms with Crippen LogP contribution in [0.15, 0.2) is 41.1 Å². The first-order valence-corrected chi connectivity index (χ1v) is 8.50. The molecule has 0 aliphatic rings. The molecular weight excluding hydrogens is 304 g/mol. The van der Waals surface area contributed by atoms with E-state index in [1.807, 2.05) is 31.2 Å². The van der Waals surface area contributed by atoms with Crippen LogP contribution in [0.1, 0.15) is 23.7 Å². The van der Waals surface area contributed by atoms with Gasteiger partial charge in [0.05, 0.1) is 0 Å². The van der Waals surface area contributed by atoms with E-state index in [1.165, 1.54) is 12.3 Å². The molecule has 0 aliphatic carbocycles. The molecule has 0 spiro atoms. The molecule has 1 atom stereocenters. The van der Waals surface area contributed by atoms with Crippen molar-refractivity contribution in [1.29, 1.82) is 0 Å². The number of nitrogens with zero attached hydrogens (tertiary/aromatic N) is 1. The third-order valence-electron chi connectivity index (χ3n) is 3.20. The Kier molecular flexibility index (Phi) is 4.97. The molecule has 1 heterocycles. The number of aromatic nitrogens is 1. The van der Waals surface area contributed by atoms with Crippen molar-refractivity contribution in [3.05, 3.63) is 53.4 Å². The number of hydrogen-bond donors (Lipinski definition) is 1. The number of carbonyl (C=O) groups is 1. The SMILES string of the molecule is Cc1ccc(C[C@H](C)C(=O)NS(=O)(=O)Cc2ccon2)cc1. The van der Waals surface area contributed by atoms with E-state index in [-0.39, 0.29) is 11.4 Å². The third-order valence-corrected chi connectivity index (χ3v) is 4.38. The van der Waals surface area contributed by atoms with Crippen molar-refractivity contribution in [3.8, 4) is 0 Å². The van der Waals surface area contributed by atoms with Crippen LogP contribution in [0, 0.1) is 12.8 Å². The number of nitrogens with one attached hydrogen (secondary N) is 1. The first-order valence-electron chi connectivity index (χ1n) is 6.85. The number of aryl methyl sites for hydroxylation is 1. The molecular formula is C15H18N2O4S. The molecule has 0 unspecified atom stereocenters. The highest BCUT2D eigenvalue weighted by Gasteiger charge is 2.21. The summed E-state index contributed by atoms with van der Waals surface area (Å²) < 4.78 is 30.4. The molecule has 1 amide bonds. The lowest BCUT2D eigenvalue weighted by molar-refractivity contribution is -0.122. The molecule has 6 nitrogen and oxygen atoms in total. The lowest BCUT2D eigenvalue weighted by Crippen LogP contribution is -2.36. The smallest absolute Gasteiger partial charge is 0.240 e. The zero-order chi connectivity index (χ0) is 16.2. The molecule has 1 aromatic heterocycles. The molecule has 1 aromatic carbocycles. The first-order chi connectivity index (χ1) is 10.4. The minimum absolute atomic E-state index is 0.256. The van der Waals surface area contributed by atoms with Gasteiger partial charge >= 0.3 is 0 Å². The summed E-state index contributed by atoms with van der Waals surface area (Å²) in [6, 6.07) is 9.23. The summed E-state index contributed by atoms with van der Waals surface area (Å²) in [7, 11) is -3.77. The largest absolute Gasteiger partial charge is 0.364 e. The van der Waals surface area contributed by atoms with Crippen molar-refractivity contribution in [2.75, 3.05) is 0 Å². The fourth-order valence-corrected chi connectivity index (χ4v) is 3.09. The van der Waals surface area contributed by atoms with Crippen LogP contribution < -0.4 is 4.72 Å². The van der Waals surface area contributed by atoms with Crippen molar-refractivity contribution in [2.45, 2.75) is 26.0 Å². The molecule has 22 heavy (non-hydrogen) atoms. The Morgan fingerprint density at radius 3 is 2.55 bits per heavy atom. The maximum absolute atomic E-state index is 12.0. The number of hydrogen-bond acceptors (Lipinski definition) is 5. The fourth-order valence-electron chi connectivity index (χ4n) is 1.97. The molecule has 2 rings (SSSR count). The van der Waals surface area contributed by atoms with Crippen molar-refractivity contribution < 1.29 is 17.7 Å². The van der Waals surface area contributed by atoms with Crippen LogP contribution in [0.3, 0.4) is 0 Å². The fraction of sp³-hybridized carbons (Fsp3) is 0.333. The second kappa shape index (κ2) is 6.74. The van der Waals surface area contributed by atoms with Crippen LogP contribution in [-0.4, -0.2) is 19.5 Å². The molecule has 7 heteroatoms. The van der Waals surface area contributed by atoms with Crippen molar-refractivity contribution >= 4 is 15.9 Å². The first kappa shape index (κ1) is 16.2. The highest BCUT2D eigenvalue weighted by Crippen LogP contribution is 2.11. The van der Waals surface area contributed by atoms with Crippen molar-refractivity contribution in [2.24, 2.45) is 5.92 Å². The number of benzene rings is 1. The standard InChI is InChI=1S/C15H18N2O4S/c1-11-3-5-13(6-4-11)9-12(2)15(18)17-22(19,20)10-14-7-8-21-16-14/h3-8,12H,9-10H2,1-2H3,(H,17,18)/t12-/m0/s1. The average Bonchev–Trinajstić information content (AvgIpc) is 2.92. The van der Waals surface area contributed by atoms with Crippen LogP contribution in [0.4, 0.5) is 0 Å². The highest BCUT2D eigenvalue weighted by molar-refractivity contribution is 7.89. The summed E-state index contributed by atoms with van der Waals surface area (Å²) >= 11 is 0. The Morgan fingerprint density at radius 1 is 1.27 bits per heavy atom. The van der Waals surface area contributed by atoms with Crippen LogP contribution in [0.5, 0.6) is 0 Å². The Morgan fingerprint density at radius 2 is 1.95 bits per heavy atom. The minimum atomic E-state index is -3.77. The second-order valence-corrected chi connectivity index (χ2v) is 7.03. The lowest BCUT2D eigenvalue weighted by atomic mass is 10.00. The Balaban J connectivity index is 1.94. The van der Waals surface area contributed by atoms with E-state index in [1.54, 1.807) is 6.92 Å². The summed E-state index contributed by atoms with van der Waals surface area (Å²) in [6.07, 6.45) is 1.76. The molecule has 1 N–H and O–H groups in total. The predicted octanol–water partition coefficient (Wildman–Crippen LogP) is 1.81. The van der Waals surface area contributed by atoms with E-state index in [0.29, 0.717) is 6.42 Å². The Labute approximate surface area is 129 Å². The predicted molar refractivity (Wildman–Crippen MR) is 81.3 cm³/mol. The molecule has 0 aliphatic heterocycles. The highest BCUT2D eigenvalue weighted by atomic mass is 32.2. The van der Waals surface area contributed by atoms with Gasteiger partial charge in [-0.05, 0) is 18.9 Å². The van der Waals surface area contributed by atoms with E-state index < -0.39 is 21.8 Å². The van der Waals surface area contributed by atoms with Crippen LogP contribution >= 0.6 is 0 Å². The van der Waals surface area contributed by atoms with Gasteiger partial charge in [0.25, 0.3) is 0 Å². The molecule has 0 fully saturated rings. The second-order valence-electron chi connectivity index (χ2n) is 5.31. The van der Waals surface area contributed by atoms with Crippen molar-refractivity contribution in [3.63, 3.8) is 0 Å². The number of sulfonamides is 1. The van der Waals surface area contributed by atoms with E-state index in [9.17, 15) is 13.2 Å². The molecule has 0 bridgehead atoms. The number of carbonyl (C=O) groups excluding carboxylic acids is 1. The zero-order valence-corrected chi connectivity index (χ0v) is 13.3. The van der Waals surface area contributed by atoms with Gasteiger partial charge in [0.15, 0.2) is 0 Å². The molecule has 2 aromatic rings. The van der Waals surface area contributed by atoms with E-state index in [2.05, 4.69) is 14.4 Å². The quantitative estimate of drug-likeness (QED) is 0.876. The van der Waals surface area contributed by atoms with Gasteiger partial charge in [-0.1, -0.05) is 41.9 Å². The van der Waals surface area contributed by atoms with Gasteiger partial charge in [-0.2, -0.15) is 0 Å². The van der Waals surface area contributed by atoms with Crippen LogP contribution in [0.25, 0.3) is 0 Å². The molecule has 118 valence electrons. The van der Waals surface area contributed by atoms with Gasteiger partial charge in [-0.25, -0.2) is 8.42 Å². The maximum atomic E-state index is 12.0. The van der Waals surface area contributed by atoms with Gasteiger partial charge in [0.2, 0.25) is 15.9 Å². The third kappa shape index (κ3) is 4.70. The minimum Gasteiger partial charge on any atom is -0.364 e. The molecule has 0 saturated carbocycles. The average molecular weight is 322 g/mol. The Bertz CT molecular complexity index is 721. The van der Waals surface area contributed by atoms with Crippen LogP contribution in [0.2, 0.25) is 0 Å². The summed E-state index contributed by atoms with van der Waals surface area (Å²) in [6.45, 7) is 3.68. The monoisotopic (exact) mass is 322 g/mol. The zero-order valence-electron chi connectivity index (χ0n) is 12.4. The van der Waals surface area contributed by atoms with Gasteiger partial charge in [-0.3, -0.25) is 9.52 Å². The maximum Gasteiger partial charge on any atom is 0.240 e. The normalized spacial score (nSPS) is 12.8. The Hall–Kier alpha value is -2.15. The van der Waals surface area contributed by atoms with Gasteiger partial charge in [0.1, 0.15) is 17.7 Å². The number of rotatable bonds is 6. The topological polar surface area (TPSA) is 89.3 Å². The summed E-state index contributed by atoms with van der Waals surface area (Å²) in [5, 5.41) is 3.52. The summed E-state index contributed by atoms with van der Waals surface area (Å²) in [5.74, 6) is -1.36. The van der Waals surface area contributed by atoms with E-state index >= 15 is 0 Å². The molecule has 0 radical (unpaired) electrons. The van der Waals surface area contributed by atoms with E-state index in [0.717, 1.165) is 11.1 Å². The number of amides is 1. The van der Waals surface area contributed by atoms with Crippen molar-refractivity contribution in [1.82, 2.24) is 9.88 Å². The lowest BCUT2D eigenvalue weighted by Gasteiger charge is -2.12. The van der Waals surface area contributed by atoms with E-state index in [4.69, 9.17) is 0 Å². The molecule has 0 saturated heterocycles. The summed E-state index contributed by atoms with van der Waals surface area (Å²) in [4.78, 5) is 12.0. The van der Waals surface area contributed by atoms with Gasteiger partial charge in [0, 0.05) is 12.0 Å². The van der Waals surface area contributed by atoms with Gasteiger partial charge in [-0.15, -0.1) is 0 Å². The summed E-state index contributed by atoms with van der Waals surface area (Å²) in [5.41, 5.74) is 2.38.